The second kappa shape index (κ2) is 4.88. The van der Waals surface area contributed by atoms with Gasteiger partial charge in [-0.2, -0.15) is 13.2 Å². The van der Waals surface area contributed by atoms with Crippen molar-refractivity contribution < 1.29 is 22.3 Å². The van der Waals surface area contributed by atoms with Gasteiger partial charge in [0.2, 0.25) is 7.37 Å². The van der Waals surface area contributed by atoms with E-state index in [-0.39, 0.29) is 5.66 Å². The quantitative estimate of drug-likeness (QED) is 0.705. The molecule has 90 valence electrons. The van der Waals surface area contributed by atoms with Crippen LogP contribution in [0.25, 0.3) is 0 Å². The van der Waals surface area contributed by atoms with Gasteiger partial charge in [0.25, 0.3) is 0 Å². The first-order valence-electron chi connectivity index (χ1n) is 5.10. The van der Waals surface area contributed by atoms with Crippen LogP contribution in [0.4, 0.5) is 13.2 Å². The van der Waals surface area contributed by atoms with Crippen molar-refractivity contribution in [3.63, 3.8) is 0 Å². The lowest BCUT2D eigenvalue weighted by Crippen LogP contribution is -2.20. The van der Waals surface area contributed by atoms with Crippen molar-refractivity contribution in [3.8, 4) is 0 Å². The Morgan fingerprint density at radius 2 is 1.80 bits per heavy atom. The Labute approximate surface area is 87.6 Å². The summed E-state index contributed by atoms with van der Waals surface area (Å²) >= 11 is 0. The van der Waals surface area contributed by atoms with Gasteiger partial charge in [-0.3, -0.25) is 4.57 Å². The van der Waals surface area contributed by atoms with E-state index in [1.165, 1.54) is 6.66 Å². The fourth-order valence-electron chi connectivity index (χ4n) is 1.86. The van der Waals surface area contributed by atoms with Gasteiger partial charge < -0.3 is 4.52 Å². The zero-order valence-electron chi connectivity index (χ0n) is 8.72. The second-order valence-electron chi connectivity index (χ2n) is 4.09. The molecular weight excluding hydrogens is 228 g/mol. The highest BCUT2D eigenvalue weighted by Crippen LogP contribution is 2.53. The van der Waals surface area contributed by atoms with Crippen molar-refractivity contribution in [2.45, 2.75) is 43.9 Å². The van der Waals surface area contributed by atoms with Gasteiger partial charge in [0.15, 0.2) is 0 Å². The first-order valence-corrected chi connectivity index (χ1v) is 7.24. The fraction of sp³-hybridized carbons (Fsp3) is 1.00. The minimum Gasteiger partial charge on any atom is -0.319 e. The van der Waals surface area contributed by atoms with Crippen LogP contribution in [0.3, 0.4) is 0 Å². The highest BCUT2D eigenvalue weighted by Gasteiger charge is 2.36. The Balaban J connectivity index is 2.46. The van der Waals surface area contributed by atoms with Gasteiger partial charge in [-0.05, 0) is 12.8 Å². The lowest BCUT2D eigenvalue weighted by molar-refractivity contribution is -0.153. The number of halogens is 3. The second-order valence-corrected chi connectivity index (χ2v) is 6.90. The largest absolute Gasteiger partial charge is 0.412 e. The van der Waals surface area contributed by atoms with E-state index in [0.717, 1.165) is 32.1 Å². The van der Waals surface area contributed by atoms with Gasteiger partial charge in [-0.25, -0.2) is 0 Å². The van der Waals surface area contributed by atoms with E-state index in [1.807, 2.05) is 0 Å². The smallest absolute Gasteiger partial charge is 0.319 e. The molecule has 1 atom stereocenters. The van der Waals surface area contributed by atoms with Crippen LogP contribution in [0, 0.1) is 0 Å². The number of alkyl halides is 3. The zero-order valence-corrected chi connectivity index (χ0v) is 9.61. The normalized spacial score (nSPS) is 23.7. The summed E-state index contributed by atoms with van der Waals surface area (Å²) in [6.07, 6.45) is 0.0309. The molecule has 0 saturated heterocycles. The lowest BCUT2D eigenvalue weighted by Gasteiger charge is -2.27. The molecule has 1 unspecified atom stereocenters. The van der Waals surface area contributed by atoms with E-state index in [0.29, 0.717) is 0 Å². The summed E-state index contributed by atoms with van der Waals surface area (Å²) in [5.74, 6) is 0. The SMILES string of the molecule is CP(=O)(OCC(F)(F)F)C1CCCCC1. The minimum atomic E-state index is -4.39. The van der Waals surface area contributed by atoms with Crippen molar-refractivity contribution in [2.75, 3.05) is 13.3 Å². The Hall–Kier alpha value is -0.0200. The van der Waals surface area contributed by atoms with Gasteiger partial charge in [-0.1, -0.05) is 19.3 Å². The van der Waals surface area contributed by atoms with Crippen LogP contribution in [0.2, 0.25) is 0 Å². The molecule has 1 rings (SSSR count). The van der Waals surface area contributed by atoms with Crippen molar-refractivity contribution in [1.29, 1.82) is 0 Å². The molecule has 0 amide bonds. The van der Waals surface area contributed by atoms with Crippen LogP contribution < -0.4 is 0 Å². The third-order valence-corrected chi connectivity index (χ3v) is 5.21. The van der Waals surface area contributed by atoms with Crippen LogP contribution in [0.5, 0.6) is 0 Å². The summed E-state index contributed by atoms with van der Waals surface area (Å²) < 4.78 is 52.2. The van der Waals surface area contributed by atoms with E-state index < -0.39 is 20.2 Å². The van der Waals surface area contributed by atoms with Crippen LogP contribution >= 0.6 is 7.37 Å². The van der Waals surface area contributed by atoms with Crippen molar-refractivity contribution in [2.24, 2.45) is 0 Å². The van der Waals surface area contributed by atoms with E-state index >= 15 is 0 Å². The van der Waals surface area contributed by atoms with Crippen LogP contribution in [0.1, 0.15) is 32.1 Å². The molecule has 0 aromatic carbocycles. The molecule has 0 heterocycles. The van der Waals surface area contributed by atoms with Crippen molar-refractivity contribution >= 4 is 7.37 Å². The monoisotopic (exact) mass is 244 g/mol. The summed E-state index contributed by atoms with van der Waals surface area (Å²) in [6, 6.07) is 0. The predicted molar refractivity (Wildman–Crippen MR) is 52.4 cm³/mol. The molecule has 1 fully saturated rings. The Kier molecular flexibility index (Phi) is 4.24. The summed E-state index contributed by atoms with van der Waals surface area (Å²) in [4.78, 5) is 0. The minimum absolute atomic E-state index is 0.173. The maximum absolute atomic E-state index is 11.9. The van der Waals surface area contributed by atoms with Gasteiger partial charge in [0.05, 0.1) is 0 Å². The summed E-state index contributed by atoms with van der Waals surface area (Å²) in [5.41, 5.74) is -0.173. The lowest BCUT2D eigenvalue weighted by atomic mass is 10.0. The fourth-order valence-corrected chi connectivity index (χ4v) is 3.77. The van der Waals surface area contributed by atoms with Crippen LogP contribution in [0.15, 0.2) is 0 Å². The standard InChI is InChI=1S/C9H16F3O2P/c1-15(13,14-7-9(10,11)12)8-5-3-2-4-6-8/h8H,2-7H2,1H3. The summed E-state index contributed by atoms with van der Waals surface area (Å²) in [5, 5.41) is 0. The molecule has 2 nitrogen and oxygen atoms in total. The molecule has 1 aliphatic rings. The molecule has 0 aromatic heterocycles. The molecule has 6 heteroatoms. The molecule has 0 N–H and O–H groups in total. The molecule has 0 spiro atoms. The predicted octanol–water partition coefficient (Wildman–Crippen LogP) is 3.81. The maximum Gasteiger partial charge on any atom is 0.412 e. The molecule has 0 bridgehead atoms. The topological polar surface area (TPSA) is 26.3 Å². The van der Waals surface area contributed by atoms with Gasteiger partial charge in [0, 0.05) is 12.3 Å². The first-order chi connectivity index (χ1) is 6.81. The Bertz CT molecular complexity index is 246. The van der Waals surface area contributed by atoms with Gasteiger partial charge in [-0.15, -0.1) is 0 Å². The average molecular weight is 244 g/mol. The van der Waals surface area contributed by atoms with Crippen molar-refractivity contribution in [1.82, 2.24) is 0 Å². The molecule has 15 heavy (non-hydrogen) atoms. The molecule has 0 aliphatic heterocycles. The first kappa shape index (κ1) is 13.0. The highest BCUT2D eigenvalue weighted by atomic mass is 31.2. The molecular formula is C9H16F3O2P. The van der Waals surface area contributed by atoms with E-state index in [9.17, 15) is 17.7 Å². The van der Waals surface area contributed by atoms with E-state index in [4.69, 9.17) is 0 Å². The molecule has 0 radical (unpaired) electrons. The third kappa shape index (κ3) is 4.56. The Morgan fingerprint density at radius 1 is 1.27 bits per heavy atom. The average Bonchev–Trinajstić information content (AvgIpc) is 2.16. The zero-order chi connectivity index (χ0) is 11.5. The van der Waals surface area contributed by atoms with Crippen LogP contribution in [-0.2, 0) is 9.09 Å². The maximum atomic E-state index is 11.9. The molecule has 1 aliphatic carbocycles. The molecule has 1 saturated carbocycles. The van der Waals surface area contributed by atoms with Crippen molar-refractivity contribution in [3.05, 3.63) is 0 Å². The summed E-state index contributed by atoms with van der Waals surface area (Å²) in [6.45, 7) is -0.0635. The molecule has 0 aromatic rings. The number of hydrogen-bond acceptors (Lipinski definition) is 2. The number of hydrogen-bond donors (Lipinski definition) is 0. The third-order valence-electron chi connectivity index (χ3n) is 2.72. The number of rotatable bonds is 3. The van der Waals surface area contributed by atoms with E-state index in [1.54, 1.807) is 0 Å². The van der Waals surface area contributed by atoms with Gasteiger partial charge >= 0.3 is 6.18 Å². The highest BCUT2D eigenvalue weighted by molar-refractivity contribution is 7.58. The summed E-state index contributed by atoms with van der Waals surface area (Å²) in [7, 11) is -3.08. The van der Waals surface area contributed by atoms with Crippen LogP contribution in [-0.4, -0.2) is 25.1 Å². The van der Waals surface area contributed by atoms with E-state index in [2.05, 4.69) is 4.52 Å². The van der Waals surface area contributed by atoms with Gasteiger partial charge in [0.1, 0.15) is 6.61 Å². The Morgan fingerprint density at radius 3 is 2.27 bits per heavy atom.